The van der Waals surface area contributed by atoms with Crippen molar-refractivity contribution in [1.82, 2.24) is 0 Å². The van der Waals surface area contributed by atoms with Gasteiger partial charge in [-0.3, -0.25) is 4.90 Å². The molecule has 0 radical (unpaired) electrons. The highest BCUT2D eigenvalue weighted by Crippen LogP contribution is 2.33. The summed E-state index contributed by atoms with van der Waals surface area (Å²) in [6, 6.07) is 8.09. The molecular formula is C16H24N2O2. The average Bonchev–Trinajstić information content (AvgIpc) is 2.35. The Hall–Kier alpha value is -1.71. The molecule has 4 nitrogen and oxygen atoms in total. The van der Waals surface area contributed by atoms with Gasteiger partial charge in [-0.15, -0.1) is 0 Å². The van der Waals surface area contributed by atoms with Crippen LogP contribution < -0.4 is 10.2 Å². The maximum absolute atomic E-state index is 12.4. The number of carbonyl (C=O) groups excluding carboxylic acids is 1. The molecule has 1 aromatic rings. The first kappa shape index (κ1) is 14.7. The summed E-state index contributed by atoms with van der Waals surface area (Å²) in [4.78, 5) is 14.2. The van der Waals surface area contributed by atoms with Gasteiger partial charge in [0.25, 0.3) is 0 Å². The maximum Gasteiger partial charge on any atom is 0.414 e. The van der Waals surface area contributed by atoms with Gasteiger partial charge in [-0.25, -0.2) is 4.79 Å². The SMILES string of the molecule is CC(C)C1CN(C(=O)OC(C)(C)C)c2ccccc2N1. The normalized spacial score (nSPS) is 18.5. The van der Waals surface area contributed by atoms with Crippen LogP contribution in [0.15, 0.2) is 24.3 Å². The monoisotopic (exact) mass is 276 g/mol. The van der Waals surface area contributed by atoms with Crippen molar-refractivity contribution < 1.29 is 9.53 Å². The molecule has 0 saturated heterocycles. The molecule has 1 aromatic carbocycles. The molecule has 1 N–H and O–H groups in total. The molecule has 2 rings (SSSR count). The van der Waals surface area contributed by atoms with Crippen LogP contribution in [0.4, 0.5) is 16.2 Å². The summed E-state index contributed by atoms with van der Waals surface area (Å²) in [5, 5.41) is 3.49. The summed E-state index contributed by atoms with van der Waals surface area (Å²) >= 11 is 0. The molecule has 0 spiro atoms. The number of ether oxygens (including phenoxy) is 1. The first-order chi connectivity index (χ1) is 9.28. The number of rotatable bonds is 1. The zero-order chi connectivity index (χ0) is 14.9. The number of hydrogen-bond acceptors (Lipinski definition) is 3. The van der Waals surface area contributed by atoms with Crippen LogP contribution in [0.25, 0.3) is 0 Å². The lowest BCUT2D eigenvalue weighted by Gasteiger charge is -2.38. The van der Waals surface area contributed by atoms with Crippen LogP contribution in [0.1, 0.15) is 34.6 Å². The summed E-state index contributed by atoms with van der Waals surface area (Å²) in [6.07, 6.45) is -0.280. The van der Waals surface area contributed by atoms with Gasteiger partial charge in [-0.05, 0) is 38.8 Å². The van der Waals surface area contributed by atoms with Crippen LogP contribution in [0.2, 0.25) is 0 Å². The number of nitrogens with zero attached hydrogens (tertiary/aromatic N) is 1. The van der Waals surface area contributed by atoms with E-state index in [2.05, 4.69) is 19.2 Å². The van der Waals surface area contributed by atoms with Gasteiger partial charge in [-0.2, -0.15) is 0 Å². The van der Waals surface area contributed by atoms with Crippen molar-refractivity contribution in [2.45, 2.75) is 46.3 Å². The Morgan fingerprint density at radius 1 is 1.35 bits per heavy atom. The minimum absolute atomic E-state index is 0.234. The molecule has 20 heavy (non-hydrogen) atoms. The molecule has 4 heteroatoms. The fraction of sp³-hybridized carbons (Fsp3) is 0.562. The molecule has 0 saturated carbocycles. The minimum Gasteiger partial charge on any atom is -0.443 e. The highest BCUT2D eigenvalue weighted by molar-refractivity contribution is 5.93. The van der Waals surface area contributed by atoms with E-state index in [1.165, 1.54) is 0 Å². The van der Waals surface area contributed by atoms with Gasteiger partial charge in [0.1, 0.15) is 5.60 Å². The lowest BCUT2D eigenvalue weighted by molar-refractivity contribution is 0.0576. The Labute approximate surface area is 121 Å². The fourth-order valence-corrected chi connectivity index (χ4v) is 2.24. The van der Waals surface area contributed by atoms with E-state index >= 15 is 0 Å². The number of nitrogens with one attached hydrogen (secondary N) is 1. The van der Waals surface area contributed by atoms with Crippen LogP contribution in [-0.4, -0.2) is 24.3 Å². The standard InChI is InChI=1S/C16H24N2O2/c1-11(2)13-10-18(15(19)20-16(3,4)5)14-9-7-6-8-12(14)17-13/h6-9,11,13,17H,10H2,1-5H3. The molecule has 1 amide bonds. The van der Waals surface area contributed by atoms with Crippen LogP contribution in [0, 0.1) is 5.92 Å². The number of anilines is 2. The second-order valence-electron chi connectivity index (χ2n) is 6.60. The Kier molecular flexibility index (Phi) is 3.93. The minimum atomic E-state index is -0.482. The third kappa shape index (κ3) is 3.24. The first-order valence-electron chi connectivity index (χ1n) is 7.14. The Balaban J connectivity index is 2.29. The number of fused-ring (bicyclic) bond motifs is 1. The van der Waals surface area contributed by atoms with Crippen LogP contribution >= 0.6 is 0 Å². The van der Waals surface area contributed by atoms with Gasteiger partial charge in [0.2, 0.25) is 0 Å². The third-order valence-electron chi connectivity index (χ3n) is 3.33. The second kappa shape index (κ2) is 5.35. The molecule has 0 aromatic heterocycles. The smallest absolute Gasteiger partial charge is 0.414 e. The van der Waals surface area contributed by atoms with Crippen molar-refractivity contribution in [3.05, 3.63) is 24.3 Å². The van der Waals surface area contributed by atoms with Crippen LogP contribution in [0.5, 0.6) is 0 Å². The fourth-order valence-electron chi connectivity index (χ4n) is 2.24. The van der Waals surface area contributed by atoms with Crippen molar-refractivity contribution >= 4 is 17.5 Å². The highest BCUT2D eigenvalue weighted by Gasteiger charge is 2.32. The van der Waals surface area contributed by atoms with E-state index in [0.717, 1.165) is 11.4 Å². The van der Waals surface area contributed by atoms with Crippen molar-refractivity contribution in [3.63, 3.8) is 0 Å². The Bertz CT molecular complexity index is 491. The summed E-state index contributed by atoms with van der Waals surface area (Å²) in [5.41, 5.74) is 1.39. The molecule has 0 aliphatic carbocycles. The van der Waals surface area contributed by atoms with Crippen molar-refractivity contribution in [3.8, 4) is 0 Å². The third-order valence-corrected chi connectivity index (χ3v) is 3.33. The average molecular weight is 276 g/mol. The van der Waals surface area contributed by atoms with Crippen molar-refractivity contribution in [2.24, 2.45) is 5.92 Å². The second-order valence-corrected chi connectivity index (χ2v) is 6.60. The molecule has 0 bridgehead atoms. The molecule has 1 unspecified atom stereocenters. The maximum atomic E-state index is 12.4. The van der Waals surface area contributed by atoms with Crippen molar-refractivity contribution in [2.75, 3.05) is 16.8 Å². The molecule has 1 aliphatic heterocycles. The van der Waals surface area contributed by atoms with E-state index in [0.29, 0.717) is 12.5 Å². The quantitative estimate of drug-likeness (QED) is 0.846. The number of benzene rings is 1. The van der Waals surface area contributed by atoms with Crippen molar-refractivity contribution in [1.29, 1.82) is 0 Å². The molecule has 1 aliphatic rings. The van der Waals surface area contributed by atoms with Gasteiger partial charge in [-0.1, -0.05) is 26.0 Å². The molecule has 1 atom stereocenters. The van der Waals surface area contributed by atoms with Crippen LogP contribution in [-0.2, 0) is 4.74 Å². The van der Waals surface area contributed by atoms with Crippen LogP contribution in [0.3, 0.4) is 0 Å². The van der Waals surface area contributed by atoms with E-state index in [9.17, 15) is 4.79 Å². The van der Waals surface area contributed by atoms with Gasteiger partial charge in [0, 0.05) is 12.6 Å². The predicted molar refractivity (Wildman–Crippen MR) is 82.3 cm³/mol. The lowest BCUT2D eigenvalue weighted by atomic mass is 10.00. The largest absolute Gasteiger partial charge is 0.443 e. The van der Waals surface area contributed by atoms with Gasteiger partial charge in [0.15, 0.2) is 0 Å². The first-order valence-corrected chi connectivity index (χ1v) is 7.14. The predicted octanol–water partition coefficient (Wildman–Crippen LogP) is 3.88. The van der Waals surface area contributed by atoms with E-state index in [4.69, 9.17) is 4.74 Å². The lowest BCUT2D eigenvalue weighted by Crippen LogP contribution is -2.48. The topological polar surface area (TPSA) is 41.6 Å². The highest BCUT2D eigenvalue weighted by atomic mass is 16.6. The van der Waals surface area contributed by atoms with Gasteiger partial charge in [0.05, 0.1) is 11.4 Å². The zero-order valence-electron chi connectivity index (χ0n) is 12.9. The van der Waals surface area contributed by atoms with E-state index in [1.54, 1.807) is 4.90 Å². The molecule has 0 fully saturated rings. The molecule has 1 heterocycles. The summed E-state index contributed by atoms with van der Waals surface area (Å²) < 4.78 is 5.52. The number of hydrogen-bond donors (Lipinski definition) is 1. The van der Waals surface area contributed by atoms with E-state index in [1.807, 2.05) is 45.0 Å². The number of amides is 1. The summed E-state index contributed by atoms with van der Waals surface area (Å²) in [6.45, 7) is 10.6. The summed E-state index contributed by atoms with van der Waals surface area (Å²) in [7, 11) is 0. The molecular weight excluding hydrogens is 252 g/mol. The Morgan fingerprint density at radius 3 is 2.60 bits per heavy atom. The summed E-state index contributed by atoms with van der Waals surface area (Å²) in [5.74, 6) is 0.438. The molecule has 110 valence electrons. The number of carbonyl (C=O) groups is 1. The number of para-hydroxylation sites is 2. The Morgan fingerprint density at radius 2 is 2.00 bits per heavy atom. The van der Waals surface area contributed by atoms with E-state index in [-0.39, 0.29) is 12.1 Å². The van der Waals surface area contributed by atoms with Gasteiger partial charge < -0.3 is 10.1 Å². The van der Waals surface area contributed by atoms with Gasteiger partial charge >= 0.3 is 6.09 Å². The zero-order valence-corrected chi connectivity index (χ0v) is 12.9. The van der Waals surface area contributed by atoms with E-state index < -0.39 is 5.60 Å².